The summed E-state index contributed by atoms with van der Waals surface area (Å²) < 4.78 is 2.04. The summed E-state index contributed by atoms with van der Waals surface area (Å²) in [5, 5.41) is 15.3. The van der Waals surface area contributed by atoms with Gasteiger partial charge in [-0.2, -0.15) is 0 Å². The fourth-order valence-corrected chi connectivity index (χ4v) is 3.55. The van der Waals surface area contributed by atoms with Gasteiger partial charge in [-0.3, -0.25) is 4.98 Å². The Morgan fingerprint density at radius 2 is 1.93 bits per heavy atom. The van der Waals surface area contributed by atoms with E-state index >= 15 is 0 Å². The van der Waals surface area contributed by atoms with E-state index in [1.54, 1.807) is 0 Å². The number of nitrogens with one attached hydrogen (secondary N) is 1. The van der Waals surface area contributed by atoms with Crippen molar-refractivity contribution in [1.82, 2.24) is 19.5 Å². The summed E-state index contributed by atoms with van der Waals surface area (Å²) in [5.41, 5.74) is 5.83. The van der Waals surface area contributed by atoms with Crippen molar-refractivity contribution in [2.24, 2.45) is 7.05 Å². The third kappa shape index (κ3) is 2.82. The second-order valence-corrected chi connectivity index (χ2v) is 6.87. The van der Waals surface area contributed by atoms with Crippen LogP contribution in [0.2, 0.25) is 0 Å². The molecular weight excluding hydrogens is 338 g/mol. The van der Waals surface area contributed by atoms with Gasteiger partial charge in [0.05, 0.1) is 29.2 Å². The third-order valence-electron chi connectivity index (χ3n) is 5.09. The summed E-state index contributed by atoms with van der Waals surface area (Å²) in [6.45, 7) is 3.99. The lowest BCUT2D eigenvalue weighted by Crippen LogP contribution is -2.00. The van der Waals surface area contributed by atoms with Gasteiger partial charge in [0.1, 0.15) is 5.82 Å². The average Bonchev–Trinajstić information content (AvgIpc) is 3.08. The van der Waals surface area contributed by atoms with Gasteiger partial charge in [0.25, 0.3) is 0 Å². The van der Waals surface area contributed by atoms with Crippen LogP contribution in [0.15, 0.2) is 36.9 Å². The van der Waals surface area contributed by atoms with Crippen molar-refractivity contribution in [2.45, 2.75) is 26.4 Å². The zero-order valence-corrected chi connectivity index (χ0v) is 16.0. The number of imidazole rings is 1. The summed E-state index contributed by atoms with van der Waals surface area (Å²) in [4.78, 5) is 13.6. The van der Waals surface area contributed by atoms with Gasteiger partial charge in [-0.15, -0.1) is 0 Å². The molecule has 0 fully saturated rings. The molecule has 0 aliphatic rings. The minimum Gasteiger partial charge on any atom is -0.387 e. The first-order valence-electron chi connectivity index (χ1n) is 9.10. The number of anilines is 1. The van der Waals surface area contributed by atoms with Gasteiger partial charge in [0, 0.05) is 48.4 Å². The molecule has 0 unspecified atom stereocenters. The molecule has 27 heavy (non-hydrogen) atoms. The highest BCUT2D eigenvalue weighted by molar-refractivity contribution is 6.11. The lowest BCUT2D eigenvalue weighted by Gasteiger charge is -2.13. The Kier molecular flexibility index (Phi) is 4.28. The van der Waals surface area contributed by atoms with Crippen LogP contribution in [0.4, 0.5) is 5.82 Å². The first kappa shape index (κ1) is 17.4. The maximum absolute atomic E-state index is 10.1. The number of aliphatic hydroxyl groups is 1. The van der Waals surface area contributed by atoms with Crippen LogP contribution in [0.1, 0.15) is 30.7 Å². The highest BCUT2D eigenvalue weighted by atomic mass is 16.3. The van der Waals surface area contributed by atoms with Crippen LogP contribution in [0.25, 0.3) is 32.9 Å². The van der Waals surface area contributed by atoms with Crippen LogP contribution >= 0.6 is 0 Å². The van der Waals surface area contributed by atoms with Crippen molar-refractivity contribution in [3.8, 4) is 11.1 Å². The third-order valence-corrected chi connectivity index (χ3v) is 5.09. The molecule has 6 nitrogen and oxygen atoms in total. The first-order chi connectivity index (χ1) is 13.0. The first-order valence-corrected chi connectivity index (χ1v) is 9.10. The van der Waals surface area contributed by atoms with Crippen LogP contribution in [0.5, 0.6) is 0 Å². The Morgan fingerprint density at radius 1 is 1.11 bits per heavy atom. The Hall–Kier alpha value is -2.99. The van der Waals surface area contributed by atoms with E-state index in [2.05, 4.69) is 32.4 Å². The molecule has 0 saturated heterocycles. The zero-order chi connectivity index (χ0) is 19.1. The summed E-state index contributed by atoms with van der Waals surface area (Å²) >= 11 is 0. The van der Waals surface area contributed by atoms with Crippen molar-refractivity contribution in [1.29, 1.82) is 0 Å². The van der Waals surface area contributed by atoms with E-state index < -0.39 is 6.10 Å². The quantitative estimate of drug-likeness (QED) is 0.575. The number of aromatic nitrogens is 4. The molecule has 3 heterocycles. The molecule has 0 spiro atoms. The molecule has 4 aromatic rings. The minimum absolute atomic E-state index is 0.534. The topological polar surface area (TPSA) is 75.9 Å². The molecule has 0 aliphatic carbocycles. The van der Waals surface area contributed by atoms with Crippen LogP contribution in [-0.2, 0) is 7.05 Å². The number of pyridine rings is 2. The molecule has 1 atom stereocenters. The number of benzene rings is 1. The Morgan fingerprint density at radius 3 is 2.63 bits per heavy atom. The molecule has 4 rings (SSSR count). The highest BCUT2D eigenvalue weighted by Crippen LogP contribution is 2.36. The summed E-state index contributed by atoms with van der Waals surface area (Å²) in [5.74, 6) is 0.827. The molecule has 138 valence electrons. The molecule has 3 aromatic heterocycles. The normalized spacial score (nSPS) is 12.6. The van der Waals surface area contributed by atoms with Gasteiger partial charge in [-0.25, -0.2) is 9.97 Å². The number of aliphatic hydroxyl groups excluding tert-OH is 1. The van der Waals surface area contributed by atoms with E-state index in [0.717, 1.165) is 44.3 Å². The van der Waals surface area contributed by atoms with E-state index in [9.17, 15) is 5.11 Å². The van der Waals surface area contributed by atoms with Crippen LogP contribution in [0, 0.1) is 6.92 Å². The lowest BCUT2D eigenvalue weighted by molar-refractivity contribution is 0.169. The van der Waals surface area contributed by atoms with Crippen LogP contribution < -0.4 is 5.32 Å². The van der Waals surface area contributed by atoms with Gasteiger partial charge in [0.15, 0.2) is 0 Å². The van der Waals surface area contributed by atoms with E-state index in [1.807, 2.05) is 57.3 Å². The maximum atomic E-state index is 10.1. The van der Waals surface area contributed by atoms with Crippen LogP contribution in [0.3, 0.4) is 0 Å². The zero-order valence-electron chi connectivity index (χ0n) is 16.0. The van der Waals surface area contributed by atoms with Crippen LogP contribution in [-0.4, -0.2) is 31.7 Å². The fraction of sp³-hybridized carbons (Fsp3) is 0.286. The Bertz CT molecular complexity index is 1150. The Balaban J connectivity index is 1.99. The molecule has 6 heteroatoms. The molecule has 1 aromatic carbocycles. The highest BCUT2D eigenvalue weighted by Gasteiger charge is 2.16. The average molecular weight is 361 g/mol. The monoisotopic (exact) mass is 361 g/mol. The molecule has 0 amide bonds. The standard InChI is InChI=1S/C21H23N5O/c1-5-18(27)17-6-12(2)16(10-23-17)15-7-13-9-24-19(22-3)8-14(13)21-20(15)25-11-26(21)4/h6-11,18,27H,5H2,1-4H3,(H,22,24)/t18-/m1/s1. The van der Waals surface area contributed by atoms with Crippen molar-refractivity contribution in [2.75, 3.05) is 12.4 Å². The van der Waals surface area contributed by atoms with E-state index in [0.29, 0.717) is 12.1 Å². The summed E-state index contributed by atoms with van der Waals surface area (Å²) in [7, 11) is 3.87. The molecule has 2 N–H and O–H groups in total. The van der Waals surface area contributed by atoms with Gasteiger partial charge < -0.3 is 15.0 Å². The van der Waals surface area contributed by atoms with E-state index in [1.165, 1.54) is 0 Å². The number of hydrogen-bond donors (Lipinski definition) is 2. The number of fused-ring (bicyclic) bond motifs is 3. The van der Waals surface area contributed by atoms with Gasteiger partial charge in [-0.05, 0) is 37.1 Å². The number of rotatable bonds is 4. The molecular formula is C21H23N5O. The fourth-order valence-electron chi connectivity index (χ4n) is 3.55. The lowest BCUT2D eigenvalue weighted by atomic mass is 9.97. The smallest absolute Gasteiger partial charge is 0.126 e. The number of hydrogen-bond acceptors (Lipinski definition) is 5. The minimum atomic E-state index is -0.534. The summed E-state index contributed by atoms with van der Waals surface area (Å²) in [6.07, 6.45) is 5.67. The predicted octanol–water partition coefficient (Wildman–Crippen LogP) is 3.98. The number of aryl methyl sites for hydroxylation is 2. The molecule has 0 bridgehead atoms. The van der Waals surface area contributed by atoms with Crippen molar-refractivity contribution in [3.05, 3.63) is 48.2 Å². The second-order valence-electron chi connectivity index (χ2n) is 6.87. The van der Waals surface area contributed by atoms with Crippen molar-refractivity contribution >= 4 is 27.6 Å². The van der Waals surface area contributed by atoms with E-state index in [-0.39, 0.29) is 0 Å². The maximum Gasteiger partial charge on any atom is 0.126 e. The summed E-state index contributed by atoms with van der Waals surface area (Å²) in [6, 6.07) is 6.14. The Labute approximate surface area is 157 Å². The van der Waals surface area contributed by atoms with Gasteiger partial charge in [-0.1, -0.05) is 6.92 Å². The van der Waals surface area contributed by atoms with Crippen molar-refractivity contribution in [3.63, 3.8) is 0 Å². The molecule has 0 saturated carbocycles. The van der Waals surface area contributed by atoms with E-state index in [4.69, 9.17) is 0 Å². The largest absolute Gasteiger partial charge is 0.387 e. The molecule has 0 aliphatic heterocycles. The van der Waals surface area contributed by atoms with Crippen molar-refractivity contribution < 1.29 is 5.11 Å². The molecule has 0 radical (unpaired) electrons. The number of nitrogens with zero attached hydrogens (tertiary/aromatic N) is 4. The van der Waals surface area contributed by atoms with Gasteiger partial charge >= 0.3 is 0 Å². The second kappa shape index (κ2) is 6.63. The predicted molar refractivity (Wildman–Crippen MR) is 109 cm³/mol. The van der Waals surface area contributed by atoms with Gasteiger partial charge in [0.2, 0.25) is 0 Å². The SMILES string of the molecule is CC[C@@H](O)c1cc(C)c(-c2cc3cnc(NC)cc3c3c2ncn3C)cn1.